The highest BCUT2D eigenvalue weighted by Crippen LogP contribution is 2.38. The van der Waals surface area contributed by atoms with E-state index >= 15 is 0 Å². The van der Waals surface area contributed by atoms with Crippen molar-refractivity contribution in [2.75, 3.05) is 11.4 Å². The van der Waals surface area contributed by atoms with Crippen molar-refractivity contribution in [2.24, 2.45) is 0 Å². The van der Waals surface area contributed by atoms with Crippen LogP contribution >= 0.6 is 0 Å². The molecule has 2 aliphatic rings. The SMILES string of the molecule is CC(C)(C)c1ncc(N2C(=O)[C@@H]3CC(F)(F)CN3C2=O)cn1. The lowest BCUT2D eigenvalue weighted by Gasteiger charge is -2.19. The molecule has 0 saturated carbocycles. The predicted octanol–water partition coefficient (Wildman–Crippen LogP) is 1.95. The molecule has 2 aliphatic heterocycles. The van der Waals surface area contributed by atoms with Gasteiger partial charge in [0.1, 0.15) is 11.9 Å². The molecule has 3 rings (SSSR count). The van der Waals surface area contributed by atoms with Crippen molar-refractivity contribution in [3.8, 4) is 0 Å². The summed E-state index contributed by atoms with van der Waals surface area (Å²) in [5.41, 5.74) is -0.0553. The molecule has 118 valence electrons. The Hall–Kier alpha value is -2.12. The highest BCUT2D eigenvalue weighted by molar-refractivity contribution is 6.21. The first-order valence-corrected chi connectivity index (χ1v) is 6.95. The van der Waals surface area contributed by atoms with E-state index in [1.807, 2.05) is 20.8 Å². The van der Waals surface area contributed by atoms with Gasteiger partial charge in [0.15, 0.2) is 0 Å². The Morgan fingerprint density at radius 1 is 1.23 bits per heavy atom. The van der Waals surface area contributed by atoms with Gasteiger partial charge in [0.2, 0.25) is 0 Å². The first-order chi connectivity index (χ1) is 10.1. The third-order valence-electron chi connectivity index (χ3n) is 3.78. The zero-order valence-electron chi connectivity index (χ0n) is 12.5. The molecule has 1 aromatic heterocycles. The van der Waals surface area contributed by atoms with Crippen LogP contribution in [0.5, 0.6) is 0 Å². The first kappa shape index (κ1) is 14.8. The number of aromatic nitrogens is 2. The van der Waals surface area contributed by atoms with Crippen LogP contribution in [0.2, 0.25) is 0 Å². The van der Waals surface area contributed by atoms with E-state index in [9.17, 15) is 18.4 Å². The average Bonchev–Trinajstić information content (AvgIpc) is 2.84. The lowest BCUT2D eigenvalue weighted by atomic mass is 9.96. The minimum Gasteiger partial charge on any atom is -0.306 e. The largest absolute Gasteiger partial charge is 0.332 e. The van der Waals surface area contributed by atoms with Crippen LogP contribution in [-0.4, -0.2) is 45.3 Å². The van der Waals surface area contributed by atoms with Gasteiger partial charge in [0.05, 0.1) is 24.6 Å². The first-order valence-electron chi connectivity index (χ1n) is 6.95. The van der Waals surface area contributed by atoms with Crippen LogP contribution in [0.4, 0.5) is 19.3 Å². The Morgan fingerprint density at radius 3 is 2.32 bits per heavy atom. The fourth-order valence-electron chi connectivity index (χ4n) is 2.67. The summed E-state index contributed by atoms with van der Waals surface area (Å²) in [6.45, 7) is 5.09. The van der Waals surface area contributed by atoms with Gasteiger partial charge in [-0.25, -0.2) is 28.4 Å². The second-order valence-electron chi connectivity index (χ2n) is 6.67. The van der Waals surface area contributed by atoms with E-state index in [2.05, 4.69) is 9.97 Å². The molecule has 1 aromatic rings. The summed E-state index contributed by atoms with van der Waals surface area (Å²) in [5, 5.41) is 0. The third kappa shape index (κ3) is 2.22. The smallest absolute Gasteiger partial charge is 0.306 e. The maximum Gasteiger partial charge on any atom is 0.332 e. The maximum absolute atomic E-state index is 13.3. The topological polar surface area (TPSA) is 66.4 Å². The minimum atomic E-state index is -3.01. The van der Waals surface area contributed by atoms with E-state index < -0.39 is 36.9 Å². The second kappa shape index (κ2) is 4.44. The molecule has 0 aromatic carbocycles. The van der Waals surface area contributed by atoms with Crippen LogP contribution in [0.3, 0.4) is 0 Å². The van der Waals surface area contributed by atoms with E-state index in [4.69, 9.17) is 0 Å². The van der Waals surface area contributed by atoms with E-state index in [0.29, 0.717) is 5.82 Å². The van der Waals surface area contributed by atoms with Crippen LogP contribution < -0.4 is 4.90 Å². The van der Waals surface area contributed by atoms with Gasteiger partial charge < -0.3 is 4.90 Å². The molecule has 0 N–H and O–H groups in total. The van der Waals surface area contributed by atoms with Gasteiger partial charge in [-0.05, 0) is 0 Å². The number of fused-ring (bicyclic) bond motifs is 1. The van der Waals surface area contributed by atoms with Crippen molar-refractivity contribution in [1.29, 1.82) is 0 Å². The van der Waals surface area contributed by atoms with Crippen LogP contribution in [0.1, 0.15) is 33.0 Å². The van der Waals surface area contributed by atoms with Crippen molar-refractivity contribution >= 4 is 17.6 Å². The Kier molecular flexibility index (Phi) is 2.99. The molecule has 0 spiro atoms. The van der Waals surface area contributed by atoms with Crippen LogP contribution in [0.25, 0.3) is 0 Å². The molecule has 2 saturated heterocycles. The fourth-order valence-corrected chi connectivity index (χ4v) is 2.67. The van der Waals surface area contributed by atoms with Crippen LogP contribution in [-0.2, 0) is 10.2 Å². The van der Waals surface area contributed by atoms with Crippen LogP contribution in [0.15, 0.2) is 12.4 Å². The molecular formula is C14H16F2N4O2. The number of rotatable bonds is 1. The second-order valence-corrected chi connectivity index (χ2v) is 6.67. The predicted molar refractivity (Wildman–Crippen MR) is 73.7 cm³/mol. The molecule has 3 amide bonds. The number of urea groups is 1. The number of carbonyl (C=O) groups excluding carboxylic acids is 2. The molecule has 6 nitrogen and oxygen atoms in total. The van der Waals surface area contributed by atoms with E-state index in [-0.39, 0.29) is 11.1 Å². The number of amides is 3. The summed E-state index contributed by atoms with van der Waals surface area (Å²) in [5.74, 6) is -3.08. The molecule has 0 bridgehead atoms. The van der Waals surface area contributed by atoms with Crippen molar-refractivity contribution in [1.82, 2.24) is 14.9 Å². The number of halogens is 2. The van der Waals surface area contributed by atoms with Gasteiger partial charge in [0.25, 0.3) is 11.8 Å². The van der Waals surface area contributed by atoms with Gasteiger partial charge in [-0.15, -0.1) is 0 Å². The summed E-state index contributed by atoms with van der Waals surface area (Å²) in [6.07, 6.45) is 2.13. The fraction of sp³-hybridized carbons (Fsp3) is 0.571. The lowest BCUT2D eigenvalue weighted by Crippen LogP contribution is -2.36. The maximum atomic E-state index is 13.3. The van der Waals surface area contributed by atoms with Gasteiger partial charge in [0, 0.05) is 11.8 Å². The van der Waals surface area contributed by atoms with E-state index in [1.165, 1.54) is 12.4 Å². The van der Waals surface area contributed by atoms with Crippen molar-refractivity contribution in [3.63, 3.8) is 0 Å². The van der Waals surface area contributed by atoms with Gasteiger partial charge in [-0.2, -0.15) is 0 Å². The highest BCUT2D eigenvalue weighted by atomic mass is 19.3. The Bertz CT molecular complexity index is 613. The lowest BCUT2D eigenvalue weighted by molar-refractivity contribution is -0.119. The molecule has 0 aliphatic carbocycles. The van der Waals surface area contributed by atoms with E-state index in [1.54, 1.807) is 0 Å². The molecular weight excluding hydrogens is 294 g/mol. The van der Waals surface area contributed by atoms with Gasteiger partial charge in [-0.3, -0.25) is 4.79 Å². The summed E-state index contributed by atoms with van der Waals surface area (Å²) in [7, 11) is 0. The Morgan fingerprint density at radius 2 is 1.82 bits per heavy atom. The highest BCUT2D eigenvalue weighted by Gasteiger charge is 2.57. The molecule has 0 unspecified atom stereocenters. The molecule has 3 heterocycles. The summed E-state index contributed by atoms with van der Waals surface area (Å²) in [4.78, 5) is 34.6. The van der Waals surface area contributed by atoms with Crippen molar-refractivity contribution < 1.29 is 18.4 Å². The number of anilines is 1. The molecule has 2 fully saturated rings. The summed E-state index contributed by atoms with van der Waals surface area (Å²) in [6, 6.07) is -1.83. The molecule has 8 heteroatoms. The Balaban J connectivity index is 1.88. The minimum absolute atomic E-state index is 0.209. The van der Waals surface area contributed by atoms with E-state index in [0.717, 1.165) is 9.80 Å². The summed E-state index contributed by atoms with van der Waals surface area (Å²) >= 11 is 0. The zero-order chi connectivity index (χ0) is 16.3. The zero-order valence-corrected chi connectivity index (χ0v) is 12.5. The summed E-state index contributed by atoms with van der Waals surface area (Å²) < 4.78 is 26.7. The molecule has 0 radical (unpaired) electrons. The number of imide groups is 1. The van der Waals surface area contributed by atoms with Gasteiger partial charge >= 0.3 is 6.03 Å². The standard InChI is InChI=1S/C14H16F2N4O2/c1-13(2,3)11-17-5-8(6-18-11)20-10(21)9-4-14(15,16)7-19(9)12(20)22/h5-6,9H,4,7H2,1-3H3/t9-/m0/s1. The number of nitrogens with zero attached hydrogens (tertiary/aromatic N) is 4. The number of hydrogen-bond donors (Lipinski definition) is 0. The number of carbonyl (C=O) groups is 2. The normalized spacial score (nSPS) is 24.1. The number of hydrogen-bond acceptors (Lipinski definition) is 4. The third-order valence-corrected chi connectivity index (χ3v) is 3.78. The van der Waals surface area contributed by atoms with Crippen molar-refractivity contribution in [2.45, 2.75) is 44.6 Å². The van der Waals surface area contributed by atoms with Crippen molar-refractivity contribution in [3.05, 3.63) is 18.2 Å². The molecule has 1 atom stereocenters. The Labute approximate surface area is 126 Å². The monoisotopic (exact) mass is 310 g/mol. The quantitative estimate of drug-likeness (QED) is 0.744. The number of alkyl halides is 2. The van der Waals surface area contributed by atoms with Gasteiger partial charge in [-0.1, -0.05) is 20.8 Å². The average molecular weight is 310 g/mol. The molecule has 22 heavy (non-hydrogen) atoms. The van der Waals surface area contributed by atoms with Crippen LogP contribution in [0, 0.1) is 0 Å².